The lowest BCUT2D eigenvalue weighted by molar-refractivity contribution is -0.0333. The number of guanidine groups is 1. The molecule has 2 heterocycles. The fourth-order valence-electron chi connectivity index (χ4n) is 4.30. The highest BCUT2D eigenvalue weighted by atomic mass is 32.1. The van der Waals surface area contributed by atoms with E-state index in [1.165, 1.54) is 42.0 Å². The van der Waals surface area contributed by atoms with Crippen molar-refractivity contribution >= 4 is 17.3 Å². The van der Waals surface area contributed by atoms with E-state index in [9.17, 15) is 0 Å². The quantitative estimate of drug-likeness (QED) is 0.513. The second kappa shape index (κ2) is 11.1. The van der Waals surface area contributed by atoms with Crippen LogP contribution in [0.25, 0.3) is 0 Å². The molecule has 3 rings (SSSR count). The van der Waals surface area contributed by atoms with Gasteiger partial charge in [0.2, 0.25) is 0 Å². The van der Waals surface area contributed by atoms with Crippen molar-refractivity contribution in [1.82, 2.24) is 20.5 Å². The van der Waals surface area contributed by atoms with E-state index in [0.717, 1.165) is 64.7 Å². The molecule has 0 amide bonds. The largest absolute Gasteiger partial charge is 0.379 e. The Balaban J connectivity index is 1.58. The molecular weight excluding hydrogens is 370 g/mol. The molecule has 0 radical (unpaired) electrons. The predicted molar refractivity (Wildman–Crippen MR) is 117 cm³/mol. The molecule has 2 aliphatic rings. The molecule has 0 bridgehead atoms. The van der Waals surface area contributed by atoms with E-state index < -0.39 is 0 Å². The molecule has 2 fully saturated rings. The first-order chi connectivity index (χ1) is 13.8. The number of aliphatic imine (C=N–C) groups is 1. The Kier molecular flexibility index (Phi) is 8.55. The summed E-state index contributed by atoms with van der Waals surface area (Å²) in [4.78, 5) is 13.6. The van der Waals surface area contributed by atoms with Gasteiger partial charge in [-0.3, -0.25) is 9.89 Å². The SMILES string of the molecule is CCNC(=NCC1(N2CCOCC2)CCCCC1)NCCc1ncc(CC)s1. The number of aryl methyl sites for hydroxylation is 1. The maximum Gasteiger partial charge on any atom is 0.191 e. The number of ether oxygens (including phenoxy) is 1. The smallest absolute Gasteiger partial charge is 0.191 e. The van der Waals surface area contributed by atoms with Crippen LogP contribution >= 0.6 is 11.3 Å². The summed E-state index contributed by atoms with van der Waals surface area (Å²) in [5.41, 5.74) is 0.218. The van der Waals surface area contributed by atoms with Crippen molar-refractivity contribution in [3.05, 3.63) is 16.1 Å². The molecule has 1 aromatic rings. The van der Waals surface area contributed by atoms with Gasteiger partial charge in [0.15, 0.2) is 5.96 Å². The third-order valence-electron chi connectivity index (χ3n) is 5.92. The highest BCUT2D eigenvalue weighted by Crippen LogP contribution is 2.34. The molecule has 28 heavy (non-hydrogen) atoms. The van der Waals surface area contributed by atoms with Crippen LogP contribution in [0.15, 0.2) is 11.2 Å². The van der Waals surface area contributed by atoms with Gasteiger partial charge in [-0.1, -0.05) is 26.2 Å². The van der Waals surface area contributed by atoms with Crippen LogP contribution in [0.3, 0.4) is 0 Å². The van der Waals surface area contributed by atoms with E-state index >= 15 is 0 Å². The van der Waals surface area contributed by atoms with E-state index in [1.807, 2.05) is 17.5 Å². The van der Waals surface area contributed by atoms with E-state index in [-0.39, 0.29) is 5.54 Å². The van der Waals surface area contributed by atoms with Crippen LogP contribution in [0.1, 0.15) is 55.8 Å². The van der Waals surface area contributed by atoms with E-state index in [0.29, 0.717) is 0 Å². The number of nitrogens with zero attached hydrogens (tertiary/aromatic N) is 3. The van der Waals surface area contributed by atoms with Crippen molar-refractivity contribution in [2.24, 2.45) is 4.99 Å². The Morgan fingerprint density at radius 3 is 2.68 bits per heavy atom. The summed E-state index contributed by atoms with van der Waals surface area (Å²) in [7, 11) is 0. The summed E-state index contributed by atoms with van der Waals surface area (Å²) in [6, 6.07) is 0. The van der Waals surface area contributed by atoms with Gasteiger partial charge in [-0.25, -0.2) is 4.98 Å². The first-order valence-electron chi connectivity index (χ1n) is 11.0. The number of hydrogen-bond donors (Lipinski definition) is 2. The number of thiazole rings is 1. The Labute approximate surface area is 174 Å². The zero-order valence-electron chi connectivity index (χ0n) is 17.6. The molecule has 6 nitrogen and oxygen atoms in total. The van der Waals surface area contributed by atoms with Gasteiger partial charge in [0.25, 0.3) is 0 Å². The summed E-state index contributed by atoms with van der Waals surface area (Å²) in [5, 5.41) is 8.15. The topological polar surface area (TPSA) is 61.8 Å². The molecule has 0 unspecified atom stereocenters. The standard InChI is InChI=1S/C21H37N5OS/c1-3-18-16-24-19(28-18)8-11-23-20(22-4-2)25-17-21(9-6-5-7-10-21)26-12-14-27-15-13-26/h16H,3-15,17H2,1-2H3,(H2,22,23,25). The van der Waals surface area contributed by atoms with Crippen molar-refractivity contribution in [2.75, 3.05) is 45.9 Å². The average Bonchev–Trinajstić information content (AvgIpc) is 3.21. The Bertz CT molecular complexity index is 606. The van der Waals surface area contributed by atoms with E-state index in [2.05, 4.69) is 34.4 Å². The molecular formula is C21H37N5OS. The van der Waals surface area contributed by atoms with Gasteiger partial charge < -0.3 is 15.4 Å². The van der Waals surface area contributed by atoms with Crippen LogP contribution in [0.2, 0.25) is 0 Å². The second-order valence-corrected chi connectivity index (χ2v) is 9.03. The van der Waals surface area contributed by atoms with Crippen molar-refractivity contribution in [1.29, 1.82) is 0 Å². The van der Waals surface area contributed by atoms with Gasteiger partial charge in [0.1, 0.15) is 0 Å². The minimum Gasteiger partial charge on any atom is -0.379 e. The first kappa shape index (κ1) is 21.5. The lowest BCUT2D eigenvalue weighted by Crippen LogP contribution is -2.56. The number of aromatic nitrogens is 1. The van der Waals surface area contributed by atoms with Crippen LogP contribution in [0.5, 0.6) is 0 Å². The molecule has 7 heteroatoms. The normalized spacial score (nSPS) is 20.9. The highest BCUT2D eigenvalue weighted by Gasteiger charge is 2.38. The molecule has 0 aromatic carbocycles. The summed E-state index contributed by atoms with van der Waals surface area (Å²) in [6.07, 6.45) is 10.5. The number of nitrogens with one attached hydrogen (secondary N) is 2. The molecule has 2 N–H and O–H groups in total. The maximum atomic E-state index is 5.60. The molecule has 1 saturated carbocycles. The second-order valence-electron chi connectivity index (χ2n) is 7.83. The van der Waals surface area contributed by atoms with Crippen LogP contribution < -0.4 is 10.6 Å². The van der Waals surface area contributed by atoms with Gasteiger partial charge in [0, 0.05) is 49.2 Å². The monoisotopic (exact) mass is 407 g/mol. The lowest BCUT2D eigenvalue weighted by atomic mass is 9.80. The van der Waals surface area contributed by atoms with Crippen LogP contribution in [-0.2, 0) is 17.6 Å². The maximum absolute atomic E-state index is 5.60. The van der Waals surface area contributed by atoms with Crippen LogP contribution in [-0.4, -0.2) is 67.3 Å². The molecule has 0 atom stereocenters. The van der Waals surface area contributed by atoms with Crippen LogP contribution in [0, 0.1) is 0 Å². The van der Waals surface area contributed by atoms with Crippen molar-refractivity contribution in [3.63, 3.8) is 0 Å². The van der Waals surface area contributed by atoms with Crippen molar-refractivity contribution < 1.29 is 4.74 Å². The Morgan fingerprint density at radius 2 is 2.00 bits per heavy atom. The molecule has 1 saturated heterocycles. The summed E-state index contributed by atoms with van der Waals surface area (Å²) < 4.78 is 5.60. The van der Waals surface area contributed by atoms with Gasteiger partial charge in [-0.15, -0.1) is 11.3 Å². The minimum atomic E-state index is 0.218. The molecule has 158 valence electrons. The Morgan fingerprint density at radius 1 is 1.21 bits per heavy atom. The van der Waals surface area contributed by atoms with Gasteiger partial charge in [-0.2, -0.15) is 0 Å². The molecule has 1 aliphatic carbocycles. The lowest BCUT2D eigenvalue weighted by Gasteiger charge is -2.47. The summed E-state index contributed by atoms with van der Waals surface area (Å²) in [6.45, 7) is 10.7. The van der Waals surface area contributed by atoms with E-state index in [4.69, 9.17) is 9.73 Å². The van der Waals surface area contributed by atoms with Gasteiger partial charge in [0.05, 0.1) is 24.8 Å². The molecule has 0 spiro atoms. The highest BCUT2D eigenvalue weighted by molar-refractivity contribution is 7.11. The summed E-state index contributed by atoms with van der Waals surface area (Å²) >= 11 is 1.82. The van der Waals surface area contributed by atoms with Gasteiger partial charge in [-0.05, 0) is 26.2 Å². The molecule has 1 aromatic heterocycles. The third kappa shape index (κ3) is 5.91. The number of rotatable bonds is 8. The first-order valence-corrected chi connectivity index (χ1v) is 11.9. The van der Waals surface area contributed by atoms with E-state index in [1.54, 1.807) is 0 Å². The third-order valence-corrected chi connectivity index (χ3v) is 7.12. The summed E-state index contributed by atoms with van der Waals surface area (Å²) in [5.74, 6) is 0.938. The number of hydrogen-bond acceptors (Lipinski definition) is 5. The Hall–Kier alpha value is -1.18. The van der Waals surface area contributed by atoms with Crippen molar-refractivity contribution in [2.45, 2.75) is 64.3 Å². The van der Waals surface area contributed by atoms with Gasteiger partial charge >= 0.3 is 0 Å². The van der Waals surface area contributed by atoms with Crippen LogP contribution in [0.4, 0.5) is 0 Å². The molecule has 1 aliphatic heterocycles. The average molecular weight is 408 g/mol. The predicted octanol–water partition coefficient (Wildman–Crippen LogP) is 2.84. The van der Waals surface area contributed by atoms with Crippen molar-refractivity contribution in [3.8, 4) is 0 Å². The zero-order valence-corrected chi connectivity index (χ0v) is 18.5. The fraction of sp³-hybridized carbons (Fsp3) is 0.810. The zero-order chi connectivity index (χ0) is 19.7. The minimum absolute atomic E-state index is 0.218. The number of morpholine rings is 1. The fourth-order valence-corrected chi connectivity index (χ4v) is 5.17.